The highest BCUT2D eigenvalue weighted by atomic mass is 79.9. The van der Waals surface area contributed by atoms with Crippen molar-refractivity contribution in [3.05, 3.63) is 79.3 Å². The van der Waals surface area contributed by atoms with Gasteiger partial charge in [0.05, 0.1) is 12.8 Å². The second kappa shape index (κ2) is 7.16. The first-order chi connectivity index (χ1) is 13.5. The lowest BCUT2D eigenvalue weighted by molar-refractivity contribution is 0.244. The number of halogens is 1. The number of aryl methyl sites for hydroxylation is 2. The van der Waals surface area contributed by atoms with Gasteiger partial charge in [-0.25, -0.2) is 4.79 Å². The van der Waals surface area contributed by atoms with Gasteiger partial charge in [-0.1, -0.05) is 28.1 Å². The van der Waals surface area contributed by atoms with Gasteiger partial charge in [-0.05, 0) is 29.8 Å². The van der Waals surface area contributed by atoms with Gasteiger partial charge in [-0.15, -0.1) is 0 Å². The summed E-state index contributed by atoms with van der Waals surface area (Å²) >= 11 is 3.38. The SMILES string of the molecule is Cn1c(OCc2ccco2)nc2c1c(=O)n(Cc1ccc(Br)cc1)c(=O)n2C. The predicted octanol–water partition coefficient (Wildman–Crippen LogP) is 2.42. The van der Waals surface area contributed by atoms with Crippen LogP contribution in [0.4, 0.5) is 0 Å². The van der Waals surface area contributed by atoms with E-state index in [4.69, 9.17) is 9.15 Å². The highest BCUT2D eigenvalue weighted by Gasteiger charge is 2.19. The Morgan fingerprint density at radius 2 is 1.86 bits per heavy atom. The third kappa shape index (κ3) is 3.18. The number of nitrogens with zero attached hydrogens (tertiary/aromatic N) is 4. The minimum Gasteiger partial charge on any atom is -0.466 e. The van der Waals surface area contributed by atoms with Crippen LogP contribution < -0.4 is 16.0 Å². The Hall–Kier alpha value is -3.07. The smallest absolute Gasteiger partial charge is 0.332 e. The van der Waals surface area contributed by atoms with Crippen molar-refractivity contribution >= 4 is 27.1 Å². The predicted molar refractivity (Wildman–Crippen MR) is 106 cm³/mol. The molecule has 0 N–H and O–H groups in total. The van der Waals surface area contributed by atoms with Crippen LogP contribution in [0.3, 0.4) is 0 Å². The molecule has 0 aliphatic rings. The molecule has 3 aromatic heterocycles. The van der Waals surface area contributed by atoms with Crippen LogP contribution >= 0.6 is 15.9 Å². The van der Waals surface area contributed by atoms with Gasteiger partial charge in [-0.3, -0.25) is 18.5 Å². The maximum absolute atomic E-state index is 13.0. The summed E-state index contributed by atoms with van der Waals surface area (Å²) in [7, 11) is 3.27. The molecular weight excluding hydrogens is 428 g/mol. The molecule has 0 aliphatic heterocycles. The molecule has 0 saturated heterocycles. The number of imidazole rings is 1. The molecule has 28 heavy (non-hydrogen) atoms. The van der Waals surface area contributed by atoms with Crippen LogP contribution in [0, 0.1) is 0 Å². The number of furan rings is 1. The third-order valence-electron chi connectivity index (χ3n) is 4.50. The summed E-state index contributed by atoms with van der Waals surface area (Å²) in [5.74, 6) is 0.633. The van der Waals surface area contributed by atoms with Gasteiger partial charge in [-0.2, -0.15) is 4.98 Å². The highest BCUT2D eigenvalue weighted by Crippen LogP contribution is 2.17. The molecule has 0 fully saturated rings. The largest absolute Gasteiger partial charge is 0.466 e. The Labute approximate surface area is 167 Å². The van der Waals surface area contributed by atoms with Crippen molar-refractivity contribution in [2.75, 3.05) is 0 Å². The number of rotatable bonds is 5. The zero-order valence-electron chi connectivity index (χ0n) is 15.3. The van der Waals surface area contributed by atoms with Gasteiger partial charge in [0.25, 0.3) is 11.6 Å². The number of hydrogen-bond acceptors (Lipinski definition) is 5. The van der Waals surface area contributed by atoms with Crippen LogP contribution in [0.2, 0.25) is 0 Å². The van der Waals surface area contributed by atoms with E-state index in [-0.39, 0.29) is 24.8 Å². The summed E-state index contributed by atoms with van der Waals surface area (Å²) in [4.78, 5) is 30.1. The first-order valence-corrected chi connectivity index (χ1v) is 9.31. The molecule has 144 valence electrons. The fraction of sp³-hybridized carbons (Fsp3) is 0.211. The second-order valence-electron chi connectivity index (χ2n) is 6.35. The summed E-state index contributed by atoms with van der Waals surface area (Å²) in [5, 5.41) is 0. The van der Waals surface area contributed by atoms with E-state index in [2.05, 4.69) is 20.9 Å². The standard InChI is InChI=1S/C19H17BrN4O4/c1-22-15-16(21-18(22)28-11-14-4-3-9-27-14)23(2)19(26)24(17(15)25)10-12-5-7-13(20)8-6-12/h3-9H,10-11H2,1-2H3. The number of aromatic nitrogens is 4. The third-order valence-corrected chi connectivity index (χ3v) is 5.03. The summed E-state index contributed by atoms with van der Waals surface area (Å²) in [6, 6.07) is 11.2. The number of fused-ring (bicyclic) bond motifs is 1. The lowest BCUT2D eigenvalue weighted by Gasteiger charge is -2.09. The Balaban J connectivity index is 1.77. The van der Waals surface area contributed by atoms with Crippen molar-refractivity contribution < 1.29 is 9.15 Å². The van der Waals surface area contributed by atoms with Crippen molar-refractivity contribution in [1.29, 1.82) is 0 Å². The molecular formula is C19H17BrN4O4. The van der Waals surface area contributed by atoms with Crippen molar-refractivity contribution in [3.63, 3.8) is 0 Å². The topological polar surface area (TPSA) is 84.2 Å². The molecule has 0 saturated carbocycles. The molecule has 0 spiro atoms. The van der Waals surface area contributed by atoms with Crippen molar-refractivity contribution in [1.82, 2.24) is 18.7 Å². The van der Waals surface area contributed by atoms with Gasteiger partial charge in [0.2, 0.25) is 0 Å². The summed E-state index contributed by atoms with van der Waals surface area (Å²) < 4.78 is 16.0. The number of ether oxygens (including phenoxy) is 1. The molecule has 3 heterocycles. The van der Waals surface area contributed by atoms with Crippen LogP contribution in [-0.4, -0.2) is 18.7 Å². The van der Waals surface area contributed by atoms with Crippen LogP contribution in [0.25, 0.3) is 11.2 Å². The molecule has 0 aliphatic carbocycles. The molecule has 9 heteroatoms. The first-order valence-electron chi connectivity index (χ1n) is 8.51. The van der Waals surface area contributed by atoms with E-state index in [1.54, 1.807) is 37.1 Å². The van der Waals surface area contributed by atoms with Gasteiger partial charge in [0.15, 0.2) is 11.2 Å². The van der Waals surface area contributed by atoms with Crippen molar-refractivity contribution in [3.8, 4) is 6.01 Å². The molecule has 4 rings (SSSR count). The van der Waals surface area contributed by atoms with E-state index in [0.29, 0.717) is 11.3 Å². The number of benzene rings is 1. The molecule has 8 nitrogen and oxygen atoms in total. The quantitative estimate of drug-likeness (QED) is 0.471. The minimum absolute atomic E-state index is 0.169. The summed E-state index contributed by atoms with van der Waals surface area (Å²) in [5.41, 5.74) is 0.575. The van der Waals surface area contributed by atoms with E-state index < -0.39 is 11.2 Å². The van der Waals surface area contributed by atoms with Crippen LogP contribution in [0.15, 0.2) is 61.1 Å². The van der Waals surface area contributed by atoms with Crippen LogP contribution in [-0.2, 0) is 27.2 Å². The molecule has 0 amide bonds. The Kier molecular flexibility index (Phi) is 4.68. The highest BCUT2D eigenvalue weighted by molar-refractivity contribution is 9.10. The van der Waals surface area contributed by atoms with E-state index in [1.165, 1.54) is 9.13 Å². The van der Waals surface area contributed by atoms with Crippen LogP contribution in [0.1, 0.15) is 11.3 Å². The van der Waals surface area contributed by atoms with Crippen molar-refractivity contribution in [2.24, 2.45) is 14.1 Å². The van der Waals surface area contributed by atoms with E-state index >= 15 is 0 Å². The van der Waals surface area contributed by atoms with Crippen LogP contribution in [0.5, 0.6) is 6.01 Å². The average molecular weight is 445 g/mol. The Morgan fingerprint density at radius 3 is 2.54 bits per heavy atom. The van der Waals surface area contributed by atoms with Gasteiger partial charge in [0.1, 0.15) is 12.4 Å². The van der Waals surface area contributed by atoms with Gasteiger partial charge < -0.3 is 9.15 Å². The maximum Gasteiger partial charge on any atom is 0.332 e. The normalized spacial score (nSPS) is 11.2. The lowest BCUT2D eigenvalue weighted by Crippen LogP contribution is -2.39. The fourth-order valence-corrected chi connectivity index (χ4v) is 3.26. The fourth-order valence-electron chi connectivity index (χ4n) is 2.99. The van der Waals surface area contributed by atoms with Crippen molar-refractivity contribution in [2.45, 2.75) is 13.2 Å². The van der Waals surface area contributed by atoms with E-state index in [9.17, 15) is 9.59 Å². The van der Waals surface area contributed by atoms with Gasteiger partial charge >= 0.3 is 5.69 Å². The van der Waals surface area contributed by atoms with Gasteiger partial charge in [0, 0.05) is 18.6 Å². The summed E-state index contributed by atoms with van der Waals surface area (Å²) in [6.07, 6.45) is 1.55. The summed E-state index contributed by atoms with van der Waals surface area (Å²) in [6.45, 7) is 0.341. The molecule has 4 aromatic rings. The van der Waals surface area contributed by atoms with E-state index in [0.717, 1.165) is 10.0 Å². The first kappa shape index (κ1) is 18.3. The molecule has 0 unspecified atom stereocenters. The van der Waals surface area contributed by atoms with E-state index in [1.807, 2.05) is 24.3 Å². The number of hydrogen-bond donors (Lipinski definition) is 0. The molecule has 1 aromatic carbocycles. The Bertz CT molecular complexity index is 1250. The monoisotopic (exact) mass is 444 g/mol. The minimum atomic E-state index is -0.434. The Morgan fingerprint density at radius 1 is 1.11 bits per heavy atom. The zero-order chi connectivity index (χ0) is 19.8. The molecule has 0 radical (unpaired) electrons. The molecule has 0 atom stereocenters. The molecule has 0 bridgehead atoms. The maximum atomic E-state index is 13.0. The average Bonchev–Trinajstić information content (AvgIpc) is 3.31. The lowest BCUT2D eigenvalue weighted by atomic mass is 10.2. The zero-order valence-corrected chi connectivity index (χ0v) is 16.8. The second-order valence-corrected chi connectivity index (χ2v) is 7.27.